The number of rotatable bonds is 4. The quantitative estimate of drug-likeness (QED) is 0.402. The number of benzene rings is 2. The first-order valence-electron chi connectivity index (χ1n) is 9.05. The van der Waals surface area contributed by atoms with Crippen LogP contribution in [-0.2, 0) is 4.79 Å². The van der Waals surface area contributed by atoms with E-state index in [0.29, 0.717) is 5.82 Å². The van der Waals surface area contributed by atoms with Crippen LogP contribution in [0.1, 0.15) is 12.5 Å². The van der Waals surface area contributed by atoms with Gasteiger partial charge in [-0.2, -0.15) is 10.1 Å². The van der Waals surface area contributed by atoms with Gasteiger partial charge in [-0.15, -0.1) is 0 Å². The molecule has 0 aliphatic carbocycles. The molecule has 0 saturated heterocycles. The molecule has 0 amide bonds. The lowest BCUT2D eigenvalue weighted by Gasteiger charge is -2.08. The fourth-order valence-electron chi connectivity index (χ4n) is 2.93. The lowest BCUT2D eigenvalue weighted by Crippen LogP contribution is -1.98. The molecular weight excluding hydrogens is 384 g/mol. The van der Waals surface area contributed by atoms with Gasteiger partial charge in [0.05, 0.1) is 18.3 Å². The van der Waals surface area contributed by atoms with Gasteiger partial charge in [0.1, 0.15) is 11.6 Å². The Morgan fingerprint density at radius 1 is 1.20 bits per heavy atom. The number of hydrogen-bond donors (Lipinski definition) is 4. The molecule has 0 aliphatic rings. The number of anilines is 3. The van der Waals surface area contributed by atoms with Crippen LogP contribution in [0.2, 0.25) is 0 Å². The van der Waals surface area contributed by atoms with Crippen molar-refractivity contribution >= 4 is 34.3 Å². The van der Waals surface area contributed by atoms with Crippen LogP contribution in [0.25, 0.3) is 22.2 Å². The number of fused-ring (bicyclic) bond motifs is 1. The normalized spacial score (nSPS) is 10.2. The summed E-state index contributed by atoms with van der Waals surface area (Å²) in [4.78, 5) is 17.1. The highest BCUT2D eigenvalue weighted by Crippen LogP contribution is 2.31. The number of aromatic nitrogens is 4. The summed E-state index contributed by atoms with van der Waals surface area (Å²) in [5, 5.41) is 19.2. The number of nitrogens with two attached hydrogens (primary N) is 1. The zero-order chi connectivity index (χ0) is 21.7. The van der Waals surface area contributed by atoms with Crippen molar-refractivity contribution < 1.29 is 14.6 Å². The van der Waals surface area contributed by atoms with Crippen molar-refractivity contribution in [3.05, 3.63) is 54.2 Å². The Bertz CT molecular complexity index is 1180. The van der Waals surface area contributed by atoms with E-state index < -0.39 is 5.97 Å². The first-order valence-corrected chi connectivity index (χ1v) is 9.05. The van der Waals surface area contributed by atoms with Gasteiger partial charge in [-0.1, -0.05) is 0 Å². The molecule has 2 aromatic heterocycles. The summed E-state index contributed by atoms with van der Waals surface area (Å²) in [5.41, 5.74) is 10.5. The largest absolute Gasteiger partial charge is 0.496 e. The molecule has 4 rings (SSSR count). The van der Waals surface area contributed by atoms with Gasteiger partial charge in [0, 0.05) is 29.8 Å². The van der Waals surface area contributed by atoms with E-state index >= 15 is 0 Å². The van der Waals surface area contributed by atoms with E-state index in [1.807, 2.05) is 37.3 Å². The Kier molecular flexibility index (Phi) is 6.11. The molecule has 2 aromatic carbocycles. The van der Waals surface area contributed by atoms with Crippen LogP contribution in [0, 0.1) is 6.92 Å². The van der Waals surface area contributed by atoms with Gasteiger partial charge in [0.2, 0.25) is 5.95 Å². The summed E-state index contributed by atoms with van der Waals surface area (Å²) in [6.07, 6.45) is 1.62. The second-order valence-electron chi connectivity index (χ2n) is 6.46. The van der Waals surface area contributed by atoms with E-state index in [9.17, 15) is 0 Å². The van der Waals surface area contributed by atoms with Gasteiger partial charge in [0.15, 0.2) is 0 Å². The van der Waals surface area contributed by atoms with Crippen LogP contribution in [0.4, 0.5) is 17.5 Å². The van der Waals surface area contributed by atoms with Crippen molar-refractivity contribution in [1.82, 2.24) is 20.2 Å². The van der Waals surface area contributed by atoms with E-state index in [4.69, 9.17) is 20.4 Å². The van der Waals surface area contributed by atoms with Crippen LogP contribution in [0.3, 0.4) is 0 Å². The molecule has 9 nitrogen and oxygen atoms in total. The van der Waals surface area contributed by atoms with E-state index in [2.05, 4.69) is 31.5 Å². The minimum atomic E-state index is -0.833. The molecule has 0 saturated carbocycles. The number of aliphatic carboxylic acids is 1. The third kappa shape index (κ3) is 4.82. The van der Waals surface area contributed by atoms with Crippen LogP contribution in [0.5, 0.6) is 5.75 Å². The van der Waals surface area contributed by atoms with Crippen LogP contribution >= 0.6 is 0 Å². The second-order valence-corrected chi connectivity index (χ2v) is 6.46. The van der Waals surface area contributed by atoms with Crippen molar-refractivity contribution in [2.24, 2.45) is 0 Å². The van der Waals surface area contributed by atoms with Crippen LogP contribution < -0.4 is 15.8 Å². The molecule has 0 fully saturated rings. The average Bonchev–Trinajstić information content (AvgIpc) is 3.11. The lowest BCUT2D eigenvalue weighted by atomic mass is 10.0. The molecule has 0 bridgehead atoms. The van der Waals surface area contributed by atoms with Gasteiger partial charge >= 0.3 is 0 Å². The Balaban J connectivity index is 0.000000589. The number of carboxylic acids is 1. The molecule has 2 heterocycles. The predicted octanol–water partition coefficient (Wildman–Crippen LogP) is 3.75. The highest BCUT2D eigenvalue weighted by molar-refractivity contribution is 5.95. The number of aromatic amines is 1. The molecule has 154 valence electrons. The van der Waals surface area contributed by atoms with E-state index in [-0.39, 0.29) is 5.95 Å². The fourth-order valence-corrected chi connectivity index (χ4v) is 2.93. The first-order chi connectivity index (χ1) is 14.4. The smallest absolute Gasteiger partial charge is 0.300 e. The van der Waals surface area contributed by atoms with Gasteiger partial charge < -0.3 is 20.9 Å². The Morgan fingerprint density at radius 2 is 1.97 bits per heavy atom. The summed E-state index contributed by atoms with van der Waals surface area (Å²) in [6.45, 7) is 3.10. The predicted molar refractivity (Wildman–Crippen MR) is 116 cm³/mol. The summed E-state index contributed by atoms with van der Waals surface area (Å²) in [7, 11) is 1.67. The van der Waals surface area contributed by atoms with Gasteiger partial charge in [0.25, 0.3) is 5.97 Å². The van der Waals surface area contributed by atoms with E-state index in [0.717, 1.165) is 46.1 Å². The summed E-state index contributed by atoms with van der Waals surface area (Å²) < 4.78 is 5.34. The molecule has 9 heteroatoms. The van der Waals surface area contributed by atoms with Gasteiger partial charge in [-0.05, 0) is 55.0 Å². The van der Waals surface area contributed by atoms with Crippen molar-refractivity contribution in [3.8, 4) is 17.0 Å². The van der Waals surface area contributed by atoms with E-state index in [1.165, 1.54) is 0 Å². The maximum absolute atomic E-state index is 9.00. The SMILES string of the molecule is CC(=O)O.COc1ccc(-c2n[nH]c3ccc(Nc4ccnc(N)n4)cc23)cc1C. The maximum atomic E-state index is 9.00. The fraction of sp³-hybridized carbons (Fsp3) is 0.143. The first kappa shape index (κ1) is 20.6. The van der Waals surface area contributed by atoms with Gasteiger partial charge in [-0.3, -0.25) is 9.89 Å². The number of nitrogens with zero attached hydrogens (tertiary/aromatic N) is 3. The molecule has 0 unspecified atom stereocenters. The number of carboxylic acid groups (broad SMARTS) is 1. The number of H-pyrrole nitrogens is 1. The number of ether oxygens (including phenoxy) is 1. The maximum Gasteiger partial charge on any atom is 0.300 e. The third-order valence-electron chi connectivity index (χ3n) is 4.18. The summed E-state index contributed by atoms with van der Waals surface area (Å²) >= 11 is 0. The molecule has 0 atom stereocenters. The molecule has 5 N–H and O–H groups in total. The van der Waals surface area contributed by atoms with E-state index in [1.54, 1.807) is 19.4 Å². The third-order valence-corrected chi connectivity index (χ3v) is 4.18. The van der Waals surface area contributed by atoms with Gasteiger partial charge in [-0.25, -0.2) is 4.98 Å². The minimum absolute atomic E-state index is 0.230. The Hall–Kier alpha value is -4.14. The van der Waals surface area contributed by atoms with Crippen molar-refractivity contribution in [2.45, 2.75) is 13.8 Å². The standard InChI is InChI=1S/C19H18N6O.C2H4O2/c1-11-9-12(3-6-16(11)26-2)18-14-10-13(4-5-15(14)24-25-18)22-17-7-8-21-19(20)23-17;1-2(3)4/h3-10H,1-2H3,(H,24,25)(H3,20,21,22,23);1H3,(H,3,4). The molecule has 0 aliphatic heterocycles. The molecule has 30 heavy (non-hydrogen) atoms. The molecular formula is C21H22N6O3. The number of hydrogen-bond acceptors (Lipinski definition) is 7. The molecule has 4 aromatic rings. The topological polar surface area (TPSA) is 139 Å². The Morgan fingerprint density at radius 3 is 2.63 bits per heavy atom. The number of methoxy groups -OCH3 is 1. The van der Waals surface area contributed by atoms with Crippen molar-refractivity contribution in [1.29, 1.82) is 0 Å². The minimum Gasteiger partial charge on any atom is -0.496 e. The number of aryl methyl sites for hydroxylation is 1. The number of nitrogen functional groups attached to an aromatic ring is 1. The highest BCUT2D eigenvalue weighted by atomic mass is 16.5. The van der Waals surface area contributed by atoms with Crippen molar-refractivity contribution in [3.63, 3.8) is 0 Å². The number of nitrogens with one attached hydrogen (secondary N) is 2. The summed E-state index contributed by atoms with van der Waals surface area (Å²) in [5.74, 6) is 0.897. The lowest BCUT2D eigenvalue weighted by molar-refractivity contribution is -0.134. The van der Waals surface area contributed by atoms with Crippen LogP contribution in [-0.4, -0.2) is 38.4 Å². The zero-order valence-electron chi connectivity index (χ0n) is 16.8. The zero-order valence-corrected chi connectivity index (χ0v) is 16.8. The van der Waals surface area contributed by atoms with Crippen LogP contribution in [0.15, 0.2) is 48.7 Å². The van der Waals surface area contributed by atoms with Crippen molar-refractivity contribution in [2.75, 3.05) is 18.2 Å². The summed E-state index contributed by atoms with van der Waals surface area (Å²) in [6, 6.07) is 13.8. The highest BCUT2D eigenvalue weighted by Gasteiger charge is 2.11. The Labute approximate surface area is 172 Å². The second kappa shape index (κ2) is 8.91. The average molecular weight is 406 g/mol. The monoisotopic (exact) mass is 406 g/mol. The molecule has 0 spiro atoms. The number of carbonyl (C=O) groups is 1. The molecule has 0 radical (unpaired) electrons.